The highest BCUT2D eigenvalue weighted by Gasteiger charge is 2.49. The number of furan rings is 1. The Kier molecular flexibility index (Phi) is 9.39. The summed E-state index contributed by atoms with van der Waals surface area (Å²) in [6, 6.07) is 43.0. The number of anilines is 6. The minimum Gasteiger partial charge on any atom is -0.468 e. The van der Waals surface area contributed by atoms with Gasteiger partial charge in [-0.25, -0.2) is 0 Å². The minimum absolute atomic E-state index is 0.0266. The van der Waals surface area contributed by atoms with E-state index in [4.69, 9.17) is 4.42 Å². The van der Waals surface area contributed by atoms with Crippen molar-refractivity contribution in [3.05, 3.63) is 148 Å². The molecule has 4 aliphatic rings. The molecule has 0 fully saturated rings. The molecule has 0 unspecified atom stereocenters. The molecule has 2 aliphatic carbocycles. The third kappa shape index (κ3) is 6.73. The summed E-state index contributed by atoms with van der Waals surface area (Å²) in [6.07, 6.45) is 4.66. The lowest BCUT2D eigenvalue weighted by Gasteiger charge is -2.46. The van der Waals surface area contributed by atoms with E-state index in [9.17, 15) is 0 Å². The van der Waals surface area contributed by atoms with Gasteiger partial charge in [0.1, 0.15) is 5.58 Å². The van der Waals surface area contributed by atoms with Gasteiger partial charge in [-0.1, -0.05) is 152 Å². The molecule has 6 aromatic carbocycles. The van der Waals surface area contributed by atoms with Crippen molar-refractivity contribution in [2.24, 2.45) is 0 Å². The molecule has 0 N–H and O–H groups in total. The van der Waals surface area contributed by atoms with Crippen LogP contribution in [0.1, 0.15) is 162 Å². The Morgan fingerprint density at radius 2 is 1.06 bits per heavy atom. The fraction of sp³-hybridized carbons (Fsp3) is 0.397. The lowest BCUT2D eigenvalue weighted by Crippen LogP contribution is -2.61. The van der Waals surface area contributed by atoms with Crippen molar-refractivity contribution in [2.75, 3.05) is 9.80 Å². The molecule has 11 rings (SSSR count). The van der Waals surface area contributed by atoms with Crippen LogP contribution >= 0.6 is 0 Å². The number of rotatable bonds is 3. The highest BCUT2D eigenvalue weighted by atomic mass is 16.3. The van der Waals surface area contributed by atoms with Crippen molar-refractivity contribution in [3.8, 4) is 11.1 Å². The summed E-state index contributed by atoms with van der Waals surface area (Å²) in [5, 5.41) is 1.18. The van der Waals surface area contributed by atoms with Gasteiger partial charge in [0, 0.05) is 33.7 Å². The number of hydrogen-bond donors (Lipinski definition) is 0. The quantitative estimate of drug-likeness (QED) is 0.165. The standard InChI is InChI=1S/C63H71BN2O/c1-38-31-52-55-53(32-38)66(51-37-48-47(62(12,13)29-30-63(48,14)15)36-43(51)39-19-17-16-18-20-39)50-25-21-41(59(5,6)7)34-49(50)64(55)57-56(44-33-40(58(2,3)4)22-26-54(44)67-57)65(52)42-23-24-45-46(35-42)61(10,11)28-27-60(45,8)9/h16-26,31-37H,27-30H2,1-15H3. The first-order valence-corrected chi connectivity index (χ1v) is 25.2. The molecule has 3 nitrogen and oxygen atoms in total. The number of nitrogens with zero attached hydrogens (tertiary/aromatic N) is 2. The van der Waals surface area contributed by atoms with Crippen molar-refractivity contribution in [3.63, 3.8) is 0 Å². The molecule has 0 saturated carbocycles. The zero-order valence-corrected chi connectivity index (χ0v) is 43.1. The molecule has 7 aromatic rings. The smallest absolute Gasteiger partial charge is 0.297 e. The van der Waals surface area contributed by atoms with Gasteiger partial charge in [-0.15, -0.1) is 0 Å². The number of hydrogen-bond acceptors (Lipinski definition) is 3. The van der Waals surface area contributed by atoms with Gasteiger partial charge in [0.25, 0.3) is 6.71 Å². The summed E-state index contributed by atoms with van der Waals surface area (Å²) in [6.45, 7) is 35.8. The summed E-state index contributed by atoms with van der Waals surface area (Å²) in [5.74, 6) is 0. The van der Waals surface area contributed by atoms with Crippen molar-refractivity contribution in [1.82, 2.24) is 0 Å². The lowest BCUT2D eigenvalue weighted by atomic mass is 9.35. The predicted molar refractivity (Wildman–Crippen MR) is 288 cm³/mol. The fourth-order valence-electron chi connectivity index (χ4n) is 12.4. The molecule has 67 heavy (non-hydrogen) atoms. The molecule has 2 aliphatic heterocycles. The third-order valence-electron chi connectivity index (χ3n) is 16.9. The van der Waals surface area contributed by atoms with Gasteiger partial charge in [-0.05, 0) is 175 Å². The van der Waals surface area contributed by atoms with E-state index in [0.29, 0.717) is 0 Å². The minimum atomic E-state index is -0.128. The molecular formula is C63H71BN2O. The van der Waals surface area contributed by atoms with Crippen LogP contribution in [0, 0.1) is 6.92 Å². The number of aryl methyl sites for hydroxylation is 1. The van der Waals surface area contributed by atoms with Gasteiger partial charge in [-0.2, -0.15) is 0 Å². The lowest BCUT2D eigenvalue weighted by molar-refractivity contribution is 0.332. The average Bonchev–Trinajstić information content (AvgIpc) is 3.64. The molecule has 0 saturated heterocycles. The van der Waals surface area contributed by atoms with Crippen LogP contribution in [-0.4, -0.2) is 6.71 Å². The normalized spacial score (nSPS) is 18.5. The summed E-state index contributed by atoms with van der Waals surface area (Å²) in [4.78, 5) is 5.27. The van der Waals surface area contributed by atoms with E-state index < -0.39 is 0 Å². The molecule has 0 amide bonds. The van der Waals surface area contributed by atoms with E-state index in [1.807, 2.05) is 0 Å². The molecule has 3 heterocycles. The van der Waals surface area contributed by atoms with Gasteiger partial charge >= 0.3 is 0 Å². The average molecular weight is 883 g/mol. The topological polar surface area (TPSA) is 19.6 Å². The molecule has 0 atom stereocenters. The van der Waals surface area contributed by atoms with E-state index in [0.717, 1.165) is 24.1 Å². The first-order chi connectivity index (χ1) is 31.4. The van der Waals surface area contributed by atoms with Crippen LogP contribution in [0.5, 0.6) is 0 Å². The van der Waals surface area contributed by atoms with Crippen molar-refractivity contribution < 1.29 is 4.42 Å². The van der Waals surface area contributed by atoms with Gasteiger partial charge in [-0.3, -0.25) is 0 Å². The monoisotopic (exact) mass is 883 g/mol. The third-order valence-corrected chi connectivity index (χ3v) is 16.9. The van der Waals surface area contributed by atoms with Gasteiger partial charge in [0.15, 0.2) is 0 Å². The predicted octanol–water partition coefficient (Wildman–Crippen LogP) is 15.8. The second kappa shape index (κ2) is 14.3. The van der Waals surface area contributed by atoms with Gasteiger partial charge in [0.2, 0.25) is 0 Å². The van der Waals surface area contributed by atoms with E-state index in [1.165, 1.54) is 113 Å². The van der Waals surface area contributed by atoms with E-state index in [1.54, 1.807) is 0 Å². The molecule has 0 radical (unpaired) electrons. The SMILES string of the molecule is Cc1cc2c3c(c1)N(c1ccc4c(c1)C(C)(C)CCC4(C)C)c1c(oc4ccc(C(C)(C)C)cc14)B3c1cc(C(C)(C)C)ccc1N2c1cc2c(cc1-c1ccccc1)C(C)(C)CCC2(C)C. The Morgan fingerprint density at radius 1 is 0.507 bits per heavy atom. The number of fused-ring (bicyclic) bond motifs is 8. The maximum atomic E-state index is 7.46. The van der Waals surface area contributed by atoms with Crippen LogP contribution in [-0.2, 0) is 32.5 Å². The van der Waals surface area contributed by atoms with Crippen LogP contribution in [0.25, 0.3) is 22.1 Å². The van der Waals surface area contributed by atoms with E-state index in [-0.39, 0.29) is 39.2 Å². The highest BCUT2D eigenvalue weighted by molar-refractivity contribution is 7.00. The summed E-state index contributed by atoms with van der Waals surface area (Å²) in [5.41, 5.74) is 24.3. The summed E-state index contributed by atoms with van der Waals surface area (Å²) in [7, 11) is 0. The van der Waals surface area contributed by atoms with E-state index >= 15 is 0 Å². The van der Waals surface area contributed by atoms with Crippen LogP contribution in [0.15, 0.2) is 114 Å². The van der Waals surface area contributed by atoms with Crippen LogP contribution in [0.2, 0.25) is 0 Å². The molecule has 0 bridgehead atoms. The molecule has 1 aromatic heterocycles. The summed E-state index contributed by atoms with van der Waals surface area (Å²) < 4.78 is 7.46. The Balaban J connectivity index is 1.28. The maximum Gasteiger partial charge on any atom is 0.297 e. The largest absolute Gasteiger partial charge is 0.468 e. The van der Waals surface area contributed by atoms with Crippen molar-refractivity contribution in [1.29, 1.82) is 0 Å². The Hall–Kier alpha value is -5.48. The highest BCUT2D eigenvalue weighted by Crippen LogP contribution is 2.55. The molecule has 0 spiro atoms. The Labute approximate surface area is 402 Å². The molecule has 4 heteroatoms. The first kappa shape index (κ1) is 44.1. The maximum absolute atomic E-state index is 7.46. The Morgan fingerprint density at radius 3 is 1.69 bits per heavy atom. The van der Waals surface area contributed by atoms with Gasteiger partial charge in [0.05, 0.1) is 17.0 Å². The van der Waals surface area contributed by atoms with Gasteiger partial charge < -0.3 is 14.2 Å². The molecular weight excluding hydrogens is 812 g/mol. The van der Waals surface area contributed by atoms with Crippen molar-refractivity contribution in [2.45, 2.75) is 162 Å². The second-order valence-electron chi connectivity index (χ2n) is 25.7. The second-order valence-corrected chi connectivity index (χ2v) is 25.7. The van der Waals surface area contributed by atoms with Crippen molar-refractivity contribution >= 4 is 68.4 Å². The first-order valence-electron chi connectivity index (χ1n) is 25.2. The van der Waals surface area contributed by atoms with Crippen LogP contribution in [0.4, 0.5) is 34.1 Å². The van der Waals surface area contributed by atoms with Crippen LogP contribution < -0.4 is 26.4 Å². The number of benzene rings is 6. The van der Waals surface area contributed by atoms with Crippen LogP contribution in [0.3, 0.4) is 0 Å². The Bertz CT molecular complexity index is 3180. The zero-order chi connectivity index (χ0) is 47.5. The zero-order valence-electron chi connectivity index (χ0n) is 43.1. The van der Waals surface area contributed by atoms with E-state index in [2.05, 4.69) is 223 Å². The fourth-order valence-corrected chi connectivity index (χ4v) is 12.4. The molecule has 342 valence electrons. The summed E-state index contributed by atoms with van der Waals surface area (Å²) >= 11 is 0.